The van der Waals surface area contributed by atoms with Crippen molar-refractivity contribution in [3.8, 4) is 10.6 Å². The SMILES string of the molecule is O=S(=O)(c1ccccn1)c1cnc(-c2cccnc2)s1. The molecule has 3 aromatic heterocycles. The highest BCUT2D eigenvalue weighted by Crippen LogP contribution is 2.30. The largest absolute Gasteiger partial charge is 0.264 e. The summed E-state index contributed by atoms with van der Waals surface area (Å²) in [5.74, 6) is 0. The summed E-state index contributed by atoms with van der Waals surface area (Å²) >= 11 is 1.11. The predicted molar refractivity (Wildman–Crippen MR) is 75.0 cm³/mol. The Morgan fingerprint density at radius 2 is 1.85 bits per heavy atom. The van der Waals surface area contributed by atoms with Gasteiger partial charge in [-0.2, -0.15) is 0 Å². The van der Waals surface area contributed by atoms with Crippen LogP contribution in [0.3, 0.4) is 0 Å². The van der Waals surface area contributed by atoms with Gasteiger partial charge in [-0.1, -0.05) is 6.07 Å². The number of rotatable bonds is 3. The highest BCUT2D eigenvalue weighted by Gasteiger charge is 2.22. The van der Waals surface area contributed by atoms with Crippen molar-refractivity contribution in [2.45, 2.75) is 9.24 Å². The minimum atomic E-state index is -3.60. The second kappa shape index (κ2) is 5.10. The van der Waals surface area contributed by atoms with Gasteiger partial charge in [0.15, 0.2) is 5.03 Å². The van der Waals surface area contributed by atoms with Crippen LogP contribution in [0, 0.1) is 0 Å². The Balaban J connectivity index is 2.03. The van der Waals surface area contributed by atoms with Gasteiger partial charge in [0.25, 0.3) is 0 Å². The molecule has 7 heteroatoms. The molecular weight excluding hydrogens is 294 g/mol. The Kier molecular flexibility index (Phi) is 3.29. The van der Waals surface area contributed by atoms with Crippen LogP contribution < -0.4 is 0 Å². The molecule has 0 aliphatic heterocycles. The van der Waals surface area contributed by atoms with E-state index >= 15 is 0 Å². The number of hydrogen-bond acceptors (Lipinski definition) is 6. The summed E-state index contributed by atoms with van der Waals surface area (Å²) in [4.78, 5) is 12.0. The smallest absolute Gasteiger partial charge is 0.234 e. The molecule has 0 N–H and O–H groups in total. The molecule has 0 amide bonds. The van der Waals surface area contributed by atoms with Crippen LogP contribution in [0.15, 0.2) is 64.4 Å². The molecule has 3 heterocycles. The minimum Gasteiger partial charge on any atom is -0.264 e. The van der Waals surface area contributed by atoms with Crippen molar-refractivity contribution in [2.24, 2.45) is 0 Å². The zero-order chi connectivity index (χ0) is 14.0. The molecule has 0 aliphatic rings. The molecule has 0 atom stereocenters. The lowest BCUT2D eigenvalue weighted by atomic mass is 10.3. The summed E-state index contributed by atoms with van der Waals surface area (Å²) < 4.78 is 24.9. The monoisotopic (exact) mass is 303 g/mol. The van der Waals surface area contributed by atoms with Gasteiger partial charge in [0.1, 0.15) is 9.22 Å². The van der Waals surface area contributed by atoms with Crippen LogP contribution in [0.4, 0.5) is 0 Å². The van der Waals surface area contributed by atoms with Crippen LogP contribution >= 0.6 is 11.3 Å². The highest BCUT2D eigenvalue weighted by atomic mass is 32.2. The van der Waals surface area contributed by atoms with Gasteiger partial charge in [0.05, 0.1) is 6.20 Å². The Hall–Kier alpha value is -2.12. The lowest BCUT2D eigenvalue weighted by Crippen LogP contribution is -2.01. The third-order valence-corrected chi connectivity index (χ3v) is 5.75. The summed E-state index contributed by atoms with van der Waals surface area (Å²) in [5.41, 5.74) is 0.792. The summed E-state index contributed by atoms with van der Waals surface area (Å²) in [6.45, 7) is 0. The molecule has 100 valence electrons. The predicted octanol–water partition coefficient (Wildman–Crippen LogP) is 2.43. The molecule has 0 saturated heterocycles. The first-order valence-electron chi connectivity index (χ1n) is 5.70. The molecule has 3 aromatic rings. The van der Waals surface area contributed by atoms with Crippen LogP contribution in [-0.4, -0.2) is 23.4 Å². The first-order chi connectivity index (χ1) is 9.68. The molecule has 0 fully saturated rings. The lowest BCUT2D eigenvalue weighted by Gasteiger charge is -1.98. The summed E-state index contributed by atoms with van der Waals surface area (Å²) in [6.07, 6.45) is 6.12. The average molecular weight is 303 g/mol. The molecule has 20 heavy (non-hydrogen) atoms. The van der Waals surface area contributed by atoms with E-state index in [0.29, 0.717) is 5.01 Å². The maximum Gasteiger partial charge on any atom is 0.234 e. The van der Waals surface area contributed by atoms with Crippen molar-refractivity contribution in [3.05, 3.63) is 55.1 Å². The van der Waals surface area contributed by atoms with Crippen molar-refractivity contribution in [3.63, 3.8) is 0 Å². The van der Waals surface area contributed by atoms with Crippen LogP contribution in [-0.2, 0) is 9.84 Å². The number of pyridine rings is 2. The van der Waals surface area contributed by atoms with Crippen molar-refractivity contribution >= 4 is 21.2 Å². The van der Waals surface area contributed by atoms with Gasteiger partial charge < -0.3 is 0 Å². The van der Waals surface area contributed by atoms with Crippen LogP contribution in [0.25, 0.3) is 10.6 Å². The van der Waals surface area contributed by atoms with E-state index in [4.69, 9.17) is 0 Å². The van der Waals surface area contributed by atoms with Crippen LogP contribution in [0.1, 0.15) is 0 Å². The fraction of sp³-hybridized carbons (Fsp3) is 0. The third-order valence-electron chi connectivity index (χ3n) is 2.57. The van der Waals surface area contributed by atoms with Crippen molar-refractivity contribution < 1.29 is 8.42 Å². The van der Waals surface area contributed by atoms with E-state index in [2.05, 4.69) is 15.0 Å². The third kappa shape index (κ3) is 2.33. The van der Waals surface area contributed by atoms with Crippen LogP contribution in [0.2, 0.25) is 0 Å². The molecule has 0 radical (unpaired) electrons. The van der Waals surface area contributed by atoms with Gasteiger partial charge in [-0.25, -0.2) is 18.4 Å². The van der Waals surface area contributed by atoms with E-state index in [-0.39, 0.29) is 9.24 Å². The Bertz CT molecular complexity index is 815. The van der Waals surface area contributed by atoms with E-state index < -0.39 is 9.84 Å². The summed E-state index contributed by atoms with van der Waals surface area (Å²) in [6, 6.07) is 8.40. The quantitative estimate of drug-likeness (QED) is 0.743. The summed E-state index contributed by atoms with van der Waals surface area (Å²) in [7, 11) is -3.60. The molecule has 0 saturated carbocycles. The fourth-order valence-corrected chi connectivity index (χ4v) is 4.04. The maximum absolute atomic E-state index is 12.4. The van der Waals surface area contributed by atoms with E-state index in [1.54, 1.807) is 30.6 Å². The highest BCUT2D eigenvalue weighted by molar-refractivity contribution is 7.93. The van der Waals surface area contributed by atoms with Gasteiger partial charge >= 0.3 is 0 Å². The Labute approximate surface area is 119 Å². The van der Waals surface area contributed by atoms with E-state index in [1.165, 1.54) is 18.5 Å². The Morgan fingerprint density at radius 3 is 2.55 bits per heavy atom. The molecule has 5 nitrogen and oxygen atoms in total. The molecule has 3 rings (SSSR count). The molecule has 0 spiro atoms. The number of sulfone groups is 1. The molecule has 0 aliphatic carbocycles. The van der Waals surface area contributed by atoms with Crippen molar-refractivity contribution in [1.82, 2.24) is 15.0 Å². The van der Waals surface area contributed by atoms with Gasteiger partial charge in [-0.15, -0.1) is 11.3 Å². The number of hydrogen-bond donors (Lipinski definition) is 0. The maximum atomic E-state index is 12.4. The van der Waals surface area contributed by atoms with Gasteiger partial charge in [-0.05, 0) is 24.3 Å². The molecule has 0 bridgehead atoms. The lowest BCUT2D eigenvalue weighted by molar-refractivity contribution is 0.594. The van der Waals surface area contributed by atoms with Crippen molar-refractivity contribution in [1.29, 1.82) is 0 Å². The van der Waals surface area contributed by atoms with Crippen molar-refractivity contribution in [2.75, 3.05) is 0 Å². The van der Waals surface area contributed by atoms with E-state index in [9.17, 15) is 8.42 Å². The van der Waals surface area contributed by atoms with E-state index in [1.807, 2.05) is 6.07 Å². The zero-order valence-electron chi connectivity index (χ0n) is 10.2. The average Bonchev–Trinajstić information content (AvgIpc) is 3.00. The second-order valence-corrected chi connectivity index (χ2v) is 7.05. The molecular formula is C13H9N3O2S2. The topological polar surface area (TPSA) is 72.8 Å². The fourth-order valence-electron chi connectivity index (χ4n) is 1.62. The standard InChI is InChI=1S/C13H9N3O2S2/c17-20(18,11-5-1-2-7-15-11)12-9-16-13(19-12)10-4-3-6-14-8-10/h1-9H. The minimum absolute atomic E-state index is 0.0291. The van der Waals surface area contributed by atoms with Crippen LogP contribution in [0.5, 0.6) is 0 Å². The summed E-state index contributed by atoms with van der Waals surface area (Å²) in [5, 5.41) is 0.647. The normalized spacial score (nSPS) is 11.4. The molecule has 0 unspecified atom stereocenters. The van der Waals surface area contributed by atoms with E-state index in [0.717, 1.165) is 16.9 Å². The zero-order valence-corrected chi connectivity index (χ0v) is 11.8. The van der Waals surface area contributed by atoms with Gasteiger partial charge in [0.2, 0.25) is 9.84 Å². The number of aromatic nitrogens is 3. The molecule has 0 aromatic carbocycles. The first-order valence-corrected chi connectivity index (χ1v) is 8.00. The Morgan fingerprint density at radius 1 is 0.950 bits per heavy atom. The second-order valence-electron chi connectivity index (χ2n) is 3.90. The number of thiazole rings is 1. The van der Waals surface area contributed by atoms with Gasteiger partial charge in [-0.3, -0.25) is 4.98 Å². The van der Waals surface area contributed by atoms with Gasteiger partial charge in [0, 0.05) is 24.2 Å². The first kappa shape index (κ1) is 12.9. The number of nitrogens with zero attached hydrogens (tertiary/aromatic N) is 3.